The van der Waals surface area contributed by atoms with Crippen LogP contribution in [0.5, 0.6) is 0 Å². The largest absolute Gasteiger partial charge is 0.383 e. The van der Waals surface area contributed by atoms with Crippen molar-refractivity contribution in [3.8, 4) is 0 Å². The van der Waals surface area contributed by atoms with Gasteiger partial charge in [0.15, 0.2) is 0 Å². The fourth-order valence-corrected chi connectivity index (χ4v) is 2.64. The molecular formula is C18H26N4O2. The minimum Gasteiger partial charge on any atom is -0.383 e. The summed E-state index contributed by atoms with van der Waals surface area (Å²) in [6.45, 7) is 6.89. The van der Waals surface area contributed by atoms with E-state index in [0.717, 1.165) is 22.6 Å². The highest BCUT2D eigenvalue weighted by Gasteiger charge is 2.24. The molecule has 0 saturated carbocycles. The highest BCUT2D eigenvalue weighted by molar-refractivity contribution is 5.94. The molecule has 6 nitrogen and oxygen atoms in total. The van der Waals surface area contributed by atoms with Crippen molar-refractivity contribution in [2.24, 2.45) is 11.7 Å². The van der Waals surface area contributed by atoms with E-state index in [-0.39, 0.29) is 17.9 Å². The van der Waals surface area contributed by atoms with Gasteiger partial charge in [0.05, 0.1) is 36.1 Å². The summed E-state index contributed by atoms with van der Waals surface area (Å²) in [6.07, 6.45) is 0. The standard InChI is InChI=1S/C18H26N4O2/c1-12(16(19)15-8-6-5-7-9-15)18(23)20-17-13(2)21-22(14(17)3)10-11-24-4/h5-9,12,16H,10-11,19H2,1-4H3,(H,20,23). The normalized spacial score (nSPS) is 13.5. The van der Waals surface area contributed by atoms with E-state index in [4.69, 9.17) is 10.5 Å². The predicted octanol–water partition coefficient (Wildman–Crippen LogP) is 2.42. The van der Waals surface area contributed by atoms with Crippen molar-refractivity contribution in [3.63, 3.8) is 0 Å². The number of carbonyl (C=O) groups excluding carboxylic acids is 1. The lowest BCUT2D eigenvalue weighted by molar-refractivity contribution is -0.120. The van der Waals surface area contributed by atoms with Gasteiger partial charge in [-0.1, -0.05) is 37.3 Å². The Balaban J connectivity index is 2.10. The van der Waals surface area contributed by atoms with Crippen molar-refractivity contribution in [3.05, 3.63) is 47.3 Å². The molecule has 3 N–H and O–H groups in total. The zero-order valence-corrected chi connectivity index (χ0v) is 14.7. The van der Waals surface area contributed by atoms with E-state index in [1.54, 1.807) is 7.11 Å². The van der Waals surface area contributed by atoms with Crippen LogP contribution in [0.25, 0.3) is 0 Å². The summed E-state index contributed by atoms with van der Waals surface area (Å²) in [5.74, 6) is -0.461. The third kappa shape index (κ3) is 4.01. The summed E-state index contributed by atoms with van der Waals surface area (Å²) >= 11 is 0. The van der Waals surface area contributed by atoms with Crippen LogP contribution in [-0.4, -0.2) is 29.4 Å². The summed E-state index contributed by atoms with van der Waals surface area (Å²) in [4.78, 5) is 12.6. The number of anilines is 1. The van der Waals surface area contributed by atoms with Gasteiger partial charge in [0, 0.05) is 13.2 Å². The lowest BCUT2D eigenvalue weighted by Crippen LogP contribution is -2.30. The van der Waals surface area contributed by atoms with Crippen molar-refractivity contribution in [1.29, 1.82) is 0 Å². The molecule has 130 valence electrons. The number of hydrogen-bond donors (Lipinski definition) is 2. The van der Waals surface area contributed by atoms with E-state index >= 15 is 0 Å². The zero-order valence-electron chi connectivity index (χ0n) is 14.7. The first-order valence-electron chi connectivity index (χ1n) is 8.10. The van der Waals surface area contributed by atoms with Gasteiger partial charge in [-0.15, -0.1) is 0 Å². The van der Waals surface area contributed by atoms with Crippen LogP contribution in [0.3, 0.4) is 0 Å². The number of hydrogen-bond acceptors (Lipinski definition) is 4. The molecule has 1 heterocycles. The number of rotatable bonds is 7. The van der Waals surface area contributed by atoms with E-state index < -0.39 is 0 Å². The van der Waals surface area contributed by atoms with Gasteiger partial charge in [-0.3, -0.25) is 9.48 Å². The molecule has 0 aliphatic carbocycles. The van der Waals surface area contributed by atoms with Crippen molar-refractivity contribution >= 4 is 11.6 Å². The van der Waals surface area contributed by atoms with E-state index in [1.807, 2.05) is 55.8 Å². The molecule has 2 rings (SSSR count). The number of amides is 1. The molecule has 24 heavy (non-hydrogen) atoms. The molecule has 6 heteroatoms. The maximum atomic E-state index is 12.6. The summed E-state index contributed by atoms with van der Waals surface area (Å²) in [5.41, 5.74) is 9.65. The van der Waals surface area contributed by atoms with Crippen LogP contribution in [0.1, 0.15) is 29.9 Å². The number of nitrogens with zero attached hydrogens (tertiary/aromatic N) is 2. The van der Waals surface area contributed by atoms with Gasteiger partial charge in [0.25, 0.3) is 0 Å². The van der Waals surface area contributed by atoms with Crippen LogP contribution >= 0.6 is 0 Å². The Hall–Kier alpha value is -2.18. The first-order valence-corrected chi connectivity index (χ1v) is 8.10. The van der Waals surface area contributed by atoms with Gasteiger partial charge < -0.3 is 15.8 Å². The van der Waals surface area contributed by atoms with Gasteiger partial charge in [-0.05, 0) is 19.4 Å². The molecular weight excluding hydrogens is 304 g/mol. The second kappa shape index (κ2) is 8.08. The first kappa shape index (κ1) is 18.2. The number of ether oxygens (including phenoxy) is 1. The maximum absolute atomic E-state index is 12.6. The summed E-state index contributed by atoms with van der Waals surface area (Å²) in [5, 5.41) is 7.44. The quantitative estimate of drug-likeness (QED) is 0.817. The van der Waals surface area contributed by atoms with Gasteiger partial charge >= 0.3 is 0 Å². The molecule has 1 amide bonds. The lowest BCUT2D eigenvalue weighted by Gasteiger charge is -2.20. The predicted molar refractivity (Wildman–Crippen MR) is 94.7 cm³/mol. The SMILES string of the molecule is COCCn1nc(C)c(NC(=O)C(C)C(N)c2ccccc2)c1C. The van der Waals surface area contributed by atoms with Crippen LogP contribution in [0.2, 0.25) is 0 Å². The second-order valence-electron chi connectivity index (χ2n) is 5.98. The number of aryl methyl sites for hydroxylation is 1. The molecule has 0 aliphatic rings. The Labute approximate surface area is 143 Å². The number of aromatic nitrogens is 2. The van der Waals surface area contributed by atoms with Crippen LogP contribution in [0.4, 0.5) is 5.69 Å². The number of nitrogens with two attached hydrogens (primary N) is 1. The first-order chi connectivity index (χ1) is 11.5. The summed E-state index contributed by atoms with van der Waals surface area (Å²) in [6, 6.07) is 9.31. The van der Waals surface area contributed by atoms with Gasteiger partial charge in [0.2, 0.25) is 5.91 Å². The molecule has 1 aromatic heterocycles. The van der Waals surface area contributed by atoms with Crippen molar-refractivity contribution in [2.75, 3.05) is 19.0 Å². The molecule has 0 aliphatic heterocycles. The monoisotopic (exact) mass is 330 g/mol. The molecule has 0 fully saturated rings. The number of nitrogens with one attached hydrogen (secondary N) is 1. The summed E-state index contributed by atoms with van der Waals surface area (Å²) in [7, 11) is 1.65. The topological polar surface area (TPSA) is 82.2 Å². The maximum Gasteiger partial charge on any atom is 0.229 e. The van der Waals surface area contributed by atoms with Gasteiger partial charge in [-0.2, -0.15) is 5.10 Å². The van der Waals surface area contributed by atoms with E-state index in [1.165, 1.54) is 0 Å². The highest BCUT2D eigenvalue weighted by atomic mass is 16.5. The third-order valence-corrected chi connectivity index (χ3v) is 4.27. The van der Waals surface area contributed by atoms with E-state index in [9.17, 15) is 4.79 Å². The van der Waals surface area contributed by atoms with Crippen LogP contribution < -0.4 is 11.1 Å². The Morgan fingerprint density at radius 2 is 2.00 bits per heavy atom. The molecule has 2 aromatic rings. The molecule has 0 bridgehead atoms. The molecule has 2 atom stereocenters. The molecule has 1 aromatic carbocycles. The molecule has 0 saturated heterocycles. The van der Waals surface area contributed by atoms with E-state index in [0.29, 0.717) is 13.2 Å². The Bertz CT molecular complexity index is 682. The average molecular weight is 330 g/mol. The van der Waals surface area contributed by atoms with Crippen LogP contribution in [-0.2, 0) is 16.1 Å². The second-order valence-corrected chi connectivity index (χ2v) is 5.98. The lowest BCUT2D eigenvalue weighted by atomic mass is 9.94. The Morgan fingerprint density at radius 1 is 1.33 bits per heavy atom. The average Bonchev–Trinajstić information content (AvgIpc) is 2.86. The molecule has 0 spiro atoms. The fraction of sp³-hybridized carbons (Fsp3) is 0.444. The molecule has 2 unspecified atom stereocenters. The highest BCUT2D eigenvalue weighted by Crippen LogP contribution is 2.24. The Kier molecular flexibility index (Phi) is 6.11. The van der Waals surface area contributed by atoms with Crippen LogP contribution in [0.15, 0.2) is 30.3 Å². The minimum absolute atomic E-state index is 0.108. The Morgan fingerprint density at radius 3 is 2.62 bits per heavy atom. The van der Waals surface area contributed by atoms with Crippen molar-refractivity contribution in [1.82, 2.24) is 9.78 Å². The summed E-state index contributed by atoms with van der Waals surface area (Å²) < 4.78 is 6.93. The zero-order chi connectivity index (χ0) is 17.7. The minimum atomic E-state index is -0.353. The fourth-order valence-electron chi connectivity index (χ4n) is 2.64. The van der Waals surface area contributed by atoms with E-state index in [2.05, 4.69) is 10.4 Å². The van der Waals surface area contributed by atoms with Crippen molar-refractivity contribution in [2.45, 2.75) is 33.4 Å². The van der Waals surface area contributed by atoms with Gasteiger partial charge in [-0.25, -0.2) is 0 Å². The number of carbonyl (C=O) groups is 1. The van der Waals surface area contributed by atoms with Gasteiger partial charge in [0.1, 0.15) is 0 Å². The number of benzene rings is 1. The van der Waals surface area contributed by atoms with Crippen molar-refractivity contribution < 1.29 is 9.53 Å². The molecule has 0 radical (unpaired) electrons. The van der Waals surface area contributed by atoms with Crippen LogP contribution in [0, 0.1) is 19.8 Å². The number of methoxy groups -OCH3 is 1. The smallest absolute Gasteiger partial charge is 0.229 e. The third-order valence-electron chi connectivity index (χ3n) is 4.27.